The molecule has 1 atom stereocenters. The van der Waals surface area contributed by atoms with Crippen LogP contribution in [-0.4, -0.2) is 50.0 Å². The van der Waals surface area contributed by atoms with Gasteiger partial charge in [-0.05, 0) is 62.1 Å². The number of nitrogens with one attached hydrogen (secondary N) is 1. The second kappa shape index (κ2) is 12.4. The van der Waals surface area contributed by atoms with Gasteiger partial charge in [-0.2, -0.15) is 0 Å². The fourth-order valence-corrected chi connectivity index (χ4v) is 5.73. The first-order valence-electron chi connectivity index (χ1n) is 12.0. The standard InChI is InChI=1S/C26H33BrClN3O4S/c1-18-23(28)10-7-11-24(18)31(36(3,34)35)17-25(32)30(16-20-12-14-21(27)15-13-20)19(2)26(33)29-22-8-5-4-6-9-22/h7,10-15,19,22H,4-6,8-9,16-17H2,1-3H3,(H,29,33)/t19-/m1/s1. The van der Waals surface area contributed by atoms with Gasteiger partial charge in [0.25, 0.3) is 0 Å². The van der Waals surface area contributed by atoms with Crippen LogP contribution in [-0.2, 0) is 26.2 Å². The minimum Gasteiger partial charge on any atom is -0.352 e. The topological polar surface area (TPSA) is 86.8 Å². The number of amides is 2. The van der Waals surface area contributed by atoms with Crippen LogP contribution in [0.15, 0.2) is 46.9 Å². The molecule has 0 unspecified atom stereocenters. The van der Waals surface area contributed by atoms with Crippen LogP contribution in [0.25, 0.3) is 0 Å². The van der Waals surface area contributed by atoms with Gasteiger partial charge in [-0.1, -0.05) is 65.0 Å². The SMILES string of the molecule is Cc1c(Cl)cccc1N(CC(=O)N(Cc1ccc(Br)cc1)[C@H](C)C(=O)NC1CCCCC1)S(C)(=O)=O. The zero-order valence-corrected chi connectivity index (χ0v) is 24.0. The molecular weight excluding hydrogens is 566 g/mol. The predicted octanol–water partition coefficient (Wildman–Crippen LogP) is 5.04. The van der Waals surface area contributed by atoms with Gasteiger partial charge in [-0.25, -0.2) is 8.42 Å². The molecule has 36 heavy (non-hydrogen) atoms. The summed E-state index contributed by atoms with van der Waals surface area (Å²) < 4.78 is 27.4. The molecule has 10 heteroatoms. The van der Waals surface area contributed by atoms with E-state index in [-0.39, 0.29) is 18.5 Å². The molecule has 0 heterocycles. The molecule has 7 nitrogen and oxygen atoms in total. The molecule has 2 aromatic carbocycles. The lowest BCUT2D eigenvalue weighted by atomic mass is 9.95. The normalized spacial score (nSPS) is 15.2. The van der Waals surface area contributed by atoms with Crippen molar-refractivity contribution in [2.45, 2.75) is 64.6 Å². The molecule has 0 spiro atoms. The maximum Gasteiger partial charge on any atom is 0.244 e. The highest BCUT2D eigenvalue weighted by Gasteiger charge is 2.31. The van der Waals surface area contributed by atoms with Gasteiger partial charge < -0.3 is 10.2 Å². The molecule has 0 aliphatic heterocycles. The molecule has 0 radical (unpaired) electrons. The van der Waals surface area contributed by atoms with Crippen molar-refractivity contribution in [3.05, 3.63) is 63.1 Å². The van der Waals surface area contributed by atoms with Crippen LogP contribution in [0.3, 0.4) is 0 Å². The third-order valence-corrected chi connectivity index (χ3v) is 8.64. The van der Waals surface area contributed by atoms with Gasteiger partial charge in [-0.15, -0.1) is 0 Å². The average Bonchev–Trinajstić information content (AvgIpc) is 2.83. The molecule has 1 aliphatic rings. The van der Waals surface area contributed by atoms with E-state index in [9.17, 15) is 18.0 Å². The zero-order valence-electron chi connectivity index (χ0n) is 20.8. The summed E-state index contributed by atoms with van der Waals surface area (Å²) in [6, 6.07) is 11.7. The third kappa shape index (κ3) is 7.46. The molecule has 1 saturated carbocycles. The van der Waals surface area contributed by atoms with Crippen molar-refractivity contribution in [2.75, 3.05) is 17.1 Å². The second-order valence-corrected chi connectivity index (χ2v) is 12.6. The Kier molecular flexibility index (Phi) is 9.83. The number of rotatable bonds is 9. The van der Waals surface area contributed by atoms with Crippen molar-refractivity contribution >= 4 is 55.1 Å². The highest BCUT2D eigenvalue weighted by atomic mass is 79.9. The lowest BCUT2D eigenvalue weighted by molar-refractivity contribution is -0.139. The van der Waals surface area contributed by atoms with E-state index in [4.69, 9.17) is 11.6 Å². The van der Waals surface area contributed by atoms with E-state index in [1.165, 1.54) is 11.3 Å². The number of hydrogen-bond acceptors (Lipinski definition) is 4. The second-order valence-electron chi connectivity index (χ2n) is 9.32. The summed E-state index contributed by atoms with van der Waals surface area (Å²) in [7, 11) is -3.81. The van der Waals surface area contributed by atoms with Crippen molar-refractivity contribution in [2.24, 2.45) is 0 Å². The van der Waals surface area contributed by atoms with Crippen molar-refractivity contribution in [1.82, 2.24) is 10.2 Å². The Labute approximate surface area is 227 Å². The van der Waals surface area contributed by atoms with E-state index < -0.39 is 28.5 Å². The molecule has 0 saturated heterocycles. The number of sulfonamides is 1. The fraction of sp³-hybridized carbons (Fsp3) is 0.462. The number of carbonyl (C=O) groups excluding carboxylic acids is 2. The molecule has 196 valence electrons. The van der Waals surface area contributed by atoms with E-state index in [1.807, 2.05) is 24.3 Å². The fourth-order valence-electron chi connectivity index (χ4n) is 4.40. The Balaban J connectivity index is 1.89. The average molecular weight is 599 g/mol. The molecule has 1 aliphatic carbocycles. The lowest BCUT2D eigenvalue weighted by Crippen LogP contribution is -2.53. The van der Waals surface area contributed by atoms with Gasteiger partial charge >= 0.3 is 0 Å². The number of benzene rings is 2. The summed E-state index contributed by atoms with van der Waals surface area (Å²) in [5.41, 5.74) is 1.72. The van der Waals surface area contributed by atoms with Gasteiger partial charge in [0.2, 0.25) is 21.8 Å². The first-order chi connectivity index (χ1) is 17.0. The minimum absolute atomic E-state index is 0.0972. The zero-order chi connectivity index (χ0) is 26.5. The maximum absolute atomic E-state index is 13.7. The molecule has 2 amide bonds. The Morgan fingerprint density at radius 3 is 2.36 bits per heavy atom. The van der Waals surface area contributed by atoms with Gasteiger partial charge in [0, 0.05) is 22.1 Å². The minimum atomic E-state index is -3.81. The van der Waals surface area contributed by atoms with Crippen LogP contribution in [0.5, 0.6) is 0 Å². The van der Waals surface area contributed by atoms with Crippen molar-refractivity contribution in [1.29, 1.82) is 0 Å². The Morgan fingerprint density at radius 2 is 1.75 bits per heavy atom. The summed E-state index contributed by atoms with van der Waals surface area (Å²) in [5, 5.41) is 3.49. The van der Waals surface area contributed by atoms with Gasteiger partial charge in [0.1, 0.15) is 12.6 Å². The molecule has 1 fully saturated rings. The highest BCUT2D eigenvalue weighted by Crippen LogP contribution is 2.28. The summed E-state index contributed by atoms with van der Waals surface area (Å²) >= 11 is 9.65. The quantitative estimate of drug-likeness (QED) is 0.438. The number of anilines is 1. The summed E-state index contributed by atoms with van der Waals surface area (Å²) in [6.45, 7) is 3.11. The van der Waals surface area contributed by atoms with E-state index in [0.29, 0.717) is 16.3 Å². The molecule has 2 aromatic rings. The van der Waals surface area contributed by atoms with Crippen LogP contribution in [0.2, 0.25) is 5.02 Å². The van der Waals surface area contributed by atoms with E-state index >= 15 is 0 Å². The van der Waals surface area contributed by atoms with Crippen LogP contribution in [0, 0.1) is 6.92 Å². The monoisotopic (exact) mass is 597 g/mol. The summed E-state index contributed by atoms with van der Waals surface area (Å²) in [5.74, 6) is -0.716. The molecule has 3 rings (SSSR count). The Bertz CT molecular complexity index is 1180. The smallest absolute Gasteiger partial charge is 0.244 e. The number of hydrogen-bond donors (Lipinski definition) is 1. The number of carbonyl (C=O) groups is 2. The van der Waals surface area contributed by atoms with Crippen LogP contribution in [0.1, 0.15) is 50.2 Å². The number of nitrogens with zero attached hydrogens (tertiary/aromatic N) is 2. The number of halogens is 2. The van der Waals surface area contributed by atoms with E-state index in [0.717, 1.165) is 46.3 Å². The Hall–Kier alpha value is -2.10. The van der Waals surface area contributed by atoms with Crippen LogP contribution in [0.4, 0.5) is 5.69 Å². The lowest BCUT2D eigenvalue weighted by Gasteiger charge is -2.33. The van der Waals surface area contributed by atoms with E-state index in [1.54, 1.807) is 32.0 Å². The largest absolute Gasteiger partial charge is 0.352 e. The Morgan fingerprint density at radius 1 is 1.11 bits per heavy atom. The molecular formula is C26H33BrClN3O4S. The maximum atomic E-state index is 13.7. The summed E-state index contributed by atoms with van der Waals surface area (Å²) in [4.78, 5) is 28.3. The molecule has 0 aromatic heterocycles. The van der Waals surface area contributed by atoms with Crippen LogP contribution < -0.4 is 9.62 Å². The van der Waals surface area contributed by atoms with Gasteiger partial charge in [-0.3, -0.25) is 13.9 Å². The third-order valence-electron chi connectivity index (χ3n) is 6.57. The molecule has 0 bridgehead atoms. The first-order valence-corrected chi connectivity index (χ1v) is 15.1. The van der Waals surface area contributed by atoms with Crippen molar-refractivity contribution < 1.29 is 18.0 Å². The van der Waals surface area contributed by atoms with Gasteiger partial charge in [0.15, 0.2) is 0 Å². The van der Waals surface area contributed by atoms with Crippen molar-refractivity contribution in [3.63, 3.8) is 0 Å². The predicted molar refractivity (Wildman–Crippen MR) is 148 cm³/mol. The van der Waals surface area contributed by atoms with Gasteiger partial charge in [0.05, 0.1) is 11.9 Å². The van der Waals surface area contributed by atoms with E-state index in [2.05, 4.69) is 21.2 Å². The summed E-state index contributed by atoms with van der Waals surface area (Å²) in [6.07, 6.45) is 6.22. The first kappa shape index (κ1) is 28.5. The molecule has 1 N–H and O–H groups in total. The van der Waals surface area contributed by atoms with Crippen molar-refractivity contribution in [3.8, 4) is 0 Å². The van der Waals surface area contributed by atoms with Crippen LogP contribution >= 0.6 is 27.5 Å². The highest BCUT2D eigenvalue weighted by molar-refractivity contribution is 9.10.